The Morgan fingerprint density at radius 3 is 2.92 bits per heavy atom. The molecule has 1 saturated heterocycles. The molecule has 0 unspecified atom stereocenters. The third-order valence-corrected chi connectivity index (χ3v) is 4.98. The number of aromatic nitrogens is 1. The van der Waals surface area contributed by atoms with Crippen LogP contribution in [0.5, 0.6) is 0 Å². The Kier molecular flexibility index (Phi) is 4.89. The molecule has 1 aliphatic rings. The molecule has 0 bridgehead atoms. The average molecular weight is 348 g/mol. The number of carbonyl (C=O) groups excluding carboxylic acids is 1. The number of hydrogen-bond donors (Lipinski definition) is 1. The molecule has 126 valence electrons. The maximum Gasteiger partial charge on any atom is 0.308 e. The molecule has 1 aliphatic heterocycles. The predicted molar refractivity (Wildman–Crippen MR) is 87.6 cm³/mol. The summed E-state index contributed by atoms with van der Waals surface area (Å²) in [7, 11) is 0. The Morgan fingerprint density at radius 1 is 1.38 bits per heavy atom. The van der Waals surface area contributed by atoms with E-state index in [4.69, 9.17) is 5.11 Å². The Labute approximate surface area is 142 Å². The van der Waals surface area contributed by atoms with Crippen molar-refractivity contribution in [3.63, 3.8) is 0 Å². The van der Waals surface area contributed by atoms with Gasteiger partial charge in [-0.25, -0.2) is 9.37 Å². The second-order valence-electron chi connectivity index (χ2n) is 5.82. The molecule has 2 aromatic rings. The van der Waals surface area contributed by atoms with E-state index in [2.05, 4.69) is 4.98 Å². The smallest absolute Gasteiger partial charge is 0.308 e. The van der Waals surface area contributed by atoms with Crippen molar-refractivity contribution >= 4 is 23.2 Å². The second-order valence-corrected chi connectivity index (χ2v) is 6.77. The van der Waals surface area contributed by atoms with Crippen molar-refractivity contribution in [1.82, 2.24) is 9.88 Å². The first-order valence-electron chi connectivity index (χ1n) is 7.74. The molecule has 0 spiro atoms. The fourth-order valence-corrected chi connectivity index (χ4v) is 3.61. The summed E-state index contributed by atoms with van der Waals surface area (Å²) >= 11 is 1.31. The van der Waals surface area contributed by atoms with Crippen LogP contribution in [-0.4, -0.2) is 40.0 Å². The normalized spacial score (nSPS) is 17.7. The molecule has 1 aromatic heterocycles. The van der Waals surface area contributed by atoms with Crippen LogP contribution >= 0.6 is 11.3 Å². The third-order valence-electron chi connectivity index (χ3n) is 4.13. The van der Waals surface area contributed by atoms with Gasteiger partial charge in [-0.1, -0.05) is 18.2 Å². The van der Waals surface area contributed by atoms with Crippen LogP contribution in [0.1, 0.15) is 33.9 Å². The van der Waals surface area contributed by atoms with Crippen molar-refractivity contribution in [1.29, 1.82) is 0 Å². The Hall–Kier alpha value is -2.28. The number of halogens is 1. The lowest BCUT2D eigenvalue weighted by Crippen LogP contribution is -2.42. The number of rotatable bonds is 4. The van der Waals surface area contributed by atoms with Gasteiger partial charge in [-0.05, 0) is 24.5 Å². The van der Waals surface area contributed by atoms with Gasteiger partial charge in [0.15, 0.2) is 0 Å². The van der Waals surface area contributed by atoms with E-state index in [9.17, 15) is 14.0 Å². The number of aliphatic carboxylic acids is 1. The summed E-state index contributed by atoms with van der Waals surface area (Å²) in [6.07, 6.45) is 1.60. The molecule has 2 heterocycles. The summed E-state index contributed by atoms with van der Waals surface area (Å²) in [5, 5.41) is 11.4. The highest BCUT2D eigenvalue weighted by Gasteiger charge is 2.29. The first kappa shape index (κ1) is 16.6. The summed E-state index contributed by atoms with van der Waals surface area (Å²) < 4.78 is 13.7. The minimum atomic E-state index is -0.869. The standard InChI is InChI=1S/C17H17FN2O3S/c18-13-6-2-1-4-11(13)8-15-19-14(10-24-15)16(21)20-7-3-5-12(9-20)17(22)23/h1-2,4,6,10,12H,3,5,7-9H2,(H,22,23)/t12-/m1/s1. The number of carboxylic acids is 1. The summed E-state index contributed by atoms with van der Waals surface area (Å²) in [4.78, 5) is 29.5. The lowest BCUT2D eigenvalue weighted by molar-refractivity contribution is -0.143. The van der Waals surface area contributed by atoms with Crippen molar-refractivity contribution in [2.24, 2.45) is 5.92 Å². The maximum atomic E-state index is 13.7. The fraction of sp³-hybridized carbons (Fsp3) is 0.353. The van der Waals surface area contributed by atoms with Crippen molar-refractivity contribution in [3.05, 3.63) is 51.7 Å². The molecule has 24 heavy (non-hydrogen) atoms. The average Bonchev–Trinajstić information content (AvgIpc) is 3.05. The highest BCUT2D eigenvalue weighted by molar-refractivity contribution is 7.09. The number of carboxylic acid groups (broad SMARTS) is 1. The number of piperidine rings is 1. The van der Waals surface area contributed by atoms with Crippen LogP contribution in [-0.2, 0) is 11.2 Å². The second kappa shape index (κ2) is 7.09. The Bertz CT molecular complexity index is 762. The molecule has 0 radical (unpaired) electrons. The number of thiazole rings is 1. The van der Waals surface area contributed by atoms with Crippen molar-refractivity contribution in [3.8, 4) is 0 Å². The zero-order valence-electron chi connectivity index (χ0n) is 12.9. The van der Waals surface area contributed by atoms with Gasteiger partial charge in [0, 0.05) is 24.9 Å². The summed E-state index contributed by atoms with van der Waals surface area (Å²) in [5.74, 6) is -1.93. The molecule has 0 saturated carbocycles. The van der Waals surface area contributed by atoms with Gasteiger partial charge >= 0.3 is 5.97 Å². The quantitative estimate of drug-likeness (QED) is 0.922. The van der Waals surface area contributed by atoms with Gasteiger partial charge in [0.05, 0.1) is 10.9 Å². The highest BCUT2D eigenvalue weighted by Crippen LogP contribution is 2.21. The minimum Gasteiger partial charge on any atom is -0.481 e. The van der Waals surface area contributed by atoms with E-state index in [0.29, 0.717) is 42.1 Å². The summed E-state index contributed by atoms with van der Waals surface area (Å²) in [6, 6.07) is 6.48. The monoisotopic (exact) mass is 348 g/mol. The zero-order chi connectivity index (χ0) is 17.1. The van der Waals surface area contributed by atoms with E-state index >= 15 is 0 Å². The molecule has 3 rings (SSSR count). The Morgan fingerprint density at radius 2 is 2.17 bits per heavy atom. The molecule has 1 N–H and O–H groups in total. The van der Waals surface area contributed by atoms with Crippen molar-refractivity contribution in [2.75, 3.05) is 13.1 Å². The zero-order valence-corrected chi connectivity index (χ0v) is 13.8. The molecule has 5 nitrogen and oxygen atoms in total. The molecule has 0 aliphatic carbocycles. The van der Waals surface area contributed by atoms with E-state index in [1.54, 1.807) is 28.5 Å². The number of likely N-dealkylation sites (tertiary alicyclic amines) is 1. The van der Waals surface area contributed by atoms with Crippen molar-refractivity contribution < 1.29 is 19.1 Å². The Balaban J connectivity index is 1.70. The van der Waals surface area contributed by atoms with Crippen LogP contribution in [0.3, 0.4) is 0 Å². The van der Waals surface area contributed by atoms with E-state index in [0.717, 1.165) is 0 Å². The molecule has 1 fully saturated rings. The number of carbonyl (C=O) groups is 2. The van der Waals surface area contributed by atoms with Gasteiger partial charge in [-0.15, -0.1) is 11.3 Å². The predicted octanol–water partition coefficient (Wildman–Crippen LogP) is 2.81. The first-order valence-corrected chi connectivity index (χ1v) is 8.62. The van der Waals surface area contributed by atoms with Crippen LogP contribution < -0.4 is 0 Å². The van der Waals surface area contributed by atoms with E-state index in [1.807, 2.05) is 0 Å². The SMILES string of the molecule is O=C(O)[C@@H]1CCCN(C(=O)c2csc(Cc3ccccc3F)n2)C1. The fourth-order valence-electron chi connectivity index (χ4n) is 2.82. The minimum absolute atomic E-state index is 0.217. The van der Waals surface area contributed by atoms with Gasteiger partial charge < -0.3 is 10.0 Å². The topological polar surface area (TPSA) is 70.5 Å². The van der Waals surface area contributed by atoms with Gasteiger partial charge in [-0.2, -0.15) is 0 Å². The molecule has 1 atom stereocenters. The highest BCUT2D eigenvalue weighted by atomic mass is 32.1. The molecule has 1 aromatic carbocycles. The first-order chi connectivity index (χ1) is 11.5. The van der Waals surface area contributed by atoms with Crippen LogP contribution in [0.25, 0.3) is 0 Å². The summed E-state index contributed by atoms with van der Waals surface area (Å²) in [5.41, 5.74) is 0.840. The molecular weight excluding hydrogens is 331 g/mol. The molecular formula is C17H17FN2O3S. The van der Waals surface area contributed by atoms with Gasteiger partial charge in [0.2, 0.25) is 0 Å². The van der Waals surface area contributed by atoms with Gasteiger partial charge in [0.1, 0.15) is 11.5 Å². The molecule has 1 amide bonds. The number of hydrogen-bond acceptors (Lipinski definition) is 4. The van der Waals surface area contributed by atoms with Crippen LogP contribution in [0, 0.1) is 11.7 Å². The number of benzene rings is 1. The van der Waals surface area contributed by atoms with Crippen molar-refractivity contribution in [2.45, 2.75) is 19.3 Å². The number of amides is 1. The summed E-state index contributed by atoms with van der Waals surface area (Å²) in [6.45, 7) is 0.761. The van der Waals surface area contributed by atoms with E-state index < -0.39 is 11.9 Å². The van der Waals surface area contributed by atoms with E-state index in [-0.39, 0.29) is 18.3 Å². The van der Waals surface area contributed by atoms with Crippen LogP contribution in [0.2, 0.25) is 0 Å². The van der Waals surface area contributed by atoms with Gasteiger partial charge in [0.25, 0.3) is 5.91 Å². The van der Waals surface area contributed by atoms with E-state index in [1.165, 1.54) is 17.4 Å². The molecule has 7 heteroatoms. The number of nitrogens with zero attached hydrogens (tertiary/aromatic N) is 2. The maximum absolute atomic E-state index is 13.7. The van der Waals surface area contributed by atoms with Gasteiger partial charge in [-0.3, -0.25) is 9.59 Å². The van der Waals surface area contributed by atoms with Crippen LogP contribution in [0.4, 0.5) is 4.39 Å². The lowest BCUT2D eigenvalue weighted by Gasteiger charge is -2.30. The largest absolute Gasteiger partial charge is 0.481 e. The third kappa shape index (κ3) is 3.62. The lowest BCUT2D eigenvalue weighted by atomic mass is 9.98. The van der Waals surface area contributed by atoms with Crippen LogP contribution in [0.15, 0.2) is 29.6 Å².